The molecule has 0 aromatic rings. The van der Waals surface area contributed by atoms with Gasteiger partial charge in [0.25, 0.3) is 0 Å². The Kier molecular flexibility index (Phi) is 40.4. The van der Waals surface area contributed by atoms with E-state index >= 15 is 0 Å². The molecule has 0 unspecified atom stereocenters. The van der Waals surface area contributed by atoms with E-state index in [9.17, 15) is 27.7 Å². The zero-order valence-corrected chi connectivity index (χ0v) is 36.9. The van der Waals surface area contributed by atoms with Gasteiger partial charge in [0.1, 0.15) is 13.2 Å². The van der Waals surface area contributed by atoms with Gasteiger partial charge in [-0.3, -0.25) is 13.8 Å². The van der Waals surface area contributed by atoms with Crippen molar-refractivity contribution in [2.75, 3.05) is 26.4 Å². The average Bonchev–Trinajstić information content (AvgIpc) is 3.11. The number of esters is 2. The number of carbonyl (C=O) groups is 2. The van der Waals surface area contributed by atoms with Gasteiger partial charge < -0.3 is 19.1 Å². The van der Waals surface area contributed by atoms with Gasteiger partial charge in [-0.25, -0.2) is 8.42 Å². The van der Waals surface area contributed by atoms with Crippen molar-refractivity contribution >= 4 is 22.3 Å². The molecule has 0 aliphatic carbocycles. The number of carbonyl (C=O) groups excluding carboxylic acids is 2. The fourth-order valence-electron chi connectivity index (χ4n) is 6.35. The van der Waals surface area contributed by atoms with Crippen LogP contribution in [0.15, 0.2) is 0 Å². The summed E-state index contributed by atoms with van der Waals surface area (Å²) < 4.78 is 48.5. The standard InChI is InChI=1S/C41H80O9S.Na/c1-3-5-7-9-11-13-15-17-19-21-23-25-27-29-31-33-39(43)48-36-41(35-42,38-50-51(45,46)47)37-49-40(44)34-32-30-28-26-24-22-20-18-16-14-12-10-8-6-4-2;/h42H,3-38H2,1-2H3,(H,45,46,47);/q;+1/p-1. The smallest absolute Gasteiger partial charge is 0.726 e. The summed E-state index contributed by atoms with van der Waals surface area (Å²) in [5, 5.41) is 10.1. The predicted octanol–water partition coefficient (Wildman–Crippen LogP) is 8.06. The molecule has 0 spiro atoms. The third-order valence-electron chi connectivity index (χ3n) is 9.89. The number of aliphatic hydroxyl groups is 1. The topological polar surface area (TPSA) is 139 Å². The minimum atomic E-state index is -5.06. The summed E-state index contributed by atoms with van der Waals surface area (Å²) in [6.45, 7) is 2.19. The molecule has 0 aliphatic rings. The molecule has 52 heavy (non-hydrogen) atoms. The molecule has 0 aromatic heterocycles. The number of hydrogen-bond acceptors (Lipinski definition) is 9. The largest absolute Gasteiger partial charge is 1.00 e. The molecule has 0 amide bonds. The first kappa shape index (κ1) is 53.9. The van der Waals surface area contributed by atoms with Crippen molar-refractivity contribution in [1.29, 1.82) is 0 Å². The van der Waals surface area contributed by atoms with Gasteiger partial charge in [0, 0.05) is 12.8 Å². The molecule has 0 aliphatic heterocycles. The minimum absolute atomic E-state index is 0. The molecule has 0 rings (SSSR count). The van der Waals surface area contributed by atoms with Gasteiger partial charge >= 0.3 is 41.5 Å². The van der Waals surface area contributed by atoms with E-state index in [1.54, 1.807) is 0 Å². The molecular weight excluding hydrogens is 691 g/mol. The third kappa shape index (κ3) is 38.1. The summed E-state index contributed by atoms with van der Waals surface area (Å²) in [6.07, 6.45) is 37.0. The van der Waals surface area contributed by atoms with Crippen LogP contribution in [0.4, 0.5) is 0 Å². The van der Waals surface area contributed by atoms with E-state index < -0.39 is 54.2 Å². The summed E-state index contributed by atoms with van der Waals surface area (Å²) in [6, 6.07) is 0. The summed E-state index contributed by atoms with van der Waals surface area (Å²) in [7, 11) is -5.06. The van der Waals surface area contributed by atoms with Crippen LogP contribution < -0.4 is 29.6 Å². The summed E-state index contributed by atoms with van der Waals surface area (Å²) in [5.41, 5.74) is -1.55. The van der Waals surface area contributed by atoms with E-state index in [2.05, 4.69) is 18.0 Å². The van der Waals surface area contributed by atoms with Crippen LogP contribution in [0.25, 0.3) is 0 Å². The molecule has 0 saturated carbocycles. The van der Waals surface area contributed by atoms with Crippen LogP contribution in [0.3, 0.4) is 0 Å². The Bertz CT molecular complexity index is 851. The van der Waals surface area contributed by atoms with E-state index in [4.69, 9.17) is 9.47 Å². The van der Waals surface area contributed by atoms with Crippen LogP contribution in [-0.4, -0.2) is 56.4 Å². The summed E-state index contributed by atoms with van der Waals surface area (Å²) >= 11 is 0. The van der Waals surface area contributed by atoms with Crippen molar-refractivity contribution in [3.63, 3.8) is 0 Å². The maximum Gasteiger partial charge on any atom is 1.00 e. The van der Waals surface area contributed by atoms with Gasteiger partial charge in [0.05, 0.1) is 18.6 Å². The molecule has 9 nitrogen and oxygen atoms in total. The Morgan fingerprint density at radius 2 is 0.731 bits per heavy atom. The average molecular weight is 771 g/mol. The number of hydrogen-bond donors (Lipinski definition) is 1. The maximum absolute atomic E-state index is 12.4. The van der Waals surface area contributed by atoms with Gasteiger partial charge in [-0.1, -0.05) is 194 Å². The van der Waals surface area contributed by atoms with Gasteiger partial charge in [-0.15, -0.1) is 0 Å². The number of aliphatic hydroxyl groups excluding tert-OH is 1. The Labute approximate surface area is 342 Å². The molecular formula is C41H79NaO9S. The Hall–Kier alpha value is -0.230. The maximum atomic E-state index is 12.4. The molecule has 304 valence electrons. The van der Waals surface area contributed by atoms with Crippen molar-refractivity contribution in [3.8, 4) is 0 Å². The van der Waals surface area contributed by atoms with Crippen LogP contribution in [0.1, 0.15) is 219 Å². The molecule has 0 atom stereocenters. The molecule has 0 heterocycles. The van der Waals surface area contributed by atoms with Crippen LogP contribution in [0.5, 0.6) is 0 Å². The van der Waals surface area contributed by atoms with E-state index in [-0.39, 0.29) is 42.4 Å². The molecule has 1 N–H and O–H groups in total. The van der Waals surface area contributed by atoms with E-state index in [0.717, 1.165) is 38.5 Å². The summed E-state index contributed by atoms with van der Waals surface area (Å²) in [4.78, 5) is 24.8. The Morgan fingerprint density at radius 3 is 0.962 bits per heavy atom. The van der Waals surface area contributed by atoms with Crippen molar-refractivity contribution in [1.82, 2.24) is 0 Å². The second-order valence-electron chi connectivity index (χ2n) is 15.0. The first-order valence-electron chi connectivity index (χ1n) is 21.2. The first-order chi connectivity index (χ1) is 24.7. The van der Waals surface area contributed by atoms with Crippen molar-refractivity contribution < 1.29 is 70.9 Å². The molecule has 0 radical (unpaired) electrons. The van der Waals surface area contributed by atoms with Gasteiger partial charge in [-0.05, 0) is 12.8 Å². The van der Waals surface area contributed by atoms with Crippen LogP contribution >= 0.6 is 0 Å². The first-order valence-corrected chi connectivity index (χ1v) is 22.5. The second kappa shape index (κ2) is 39.0. The molecule has 0 saturated heterocycles. The molecule has 0 bridgehead atoms. The molecule has 0 aromatic carbocycles. The molecule has 0 fully saturated rings. The number of rotatable bonds is 40. The zero-order valence-electron chi connectivity index (χ0n) is 34.1. The van der Waals surface area contributed by atoms with Crippen LogP contribution in [0, 0.1) is 5.41 Å². The van der Waals surface area contributed by atoms with Gasteiger partial charge in [-0.2, -0.15) is 0 Å². The zero-order chi connectivity index (χ0) is 37.7. The Balaban J connectivity index is 0. The predicted molar refractivity (Wildman–Crippen MR) is 206 cm³/mol. The fourth-order valence-corrected chi connectivity index (χ4v) is 6.75. The van der Waals surface area contributed by atoms with E-state index in [1.165, 1.54) is 141 Å². The van der Waals surface area contributed by atoms with E-state index in [0.29, 0.717) is 12.8 Å². The van der Waals surface area contributed by atoms with Crippen molar-refractivity contribution in [2.24, 2.45) is 5.41 Å². The fraction of sp³-hybridized carbons (Fsp3) is 0.951. The van der Waals surface area contributed by atoms with Crippen LogP contribution in [0.2, 0.25) is 0 Å². The van der Waals surface area contributed by atoms with E-state index in [1.807, 2.05) is 0 Å². The third-order valence-corrected chi connectivity index (χ3v) is 10.3. The minimum Gasteiger partial charge on any atom is -0.726 e. The van der Waals surface area contributed by atoms with Gasteiger partial charge in [0.15, 0.2) is 0 Å². The van der Waals surface area contributed by atoms with Crippen molar-refractivity contribution in [3.05, 3.63) is 0 Å². The monoisotopic (exact) mass is 771 g/mol. The molecule has 11 heteroatoms. The van der Waals surface area contributed by atoms with Crippen molar-refractivity contribution in [2.45, 2.75) is 219 Å². The quantitative estimate of drug-likeness (QED) is 0.0216. The second-order valence-corrected chi connectivity index (χ2v) is 16.1. The number of ether oxygens (including phenoxy) is 2. The summed E-state index contributed by atoms with van der Waals surface area (Å²) in [5.74, 6) is -0.978. The number of unbranched alkanes of at least 4 members (excludes halogenated alkanes) is 28. The normalized spacial score (nSPS) is 11.8. The van der Waals surface area contributed by atoms with Crippen LogP contribution in [-0.2, 0) is 33.6 Å². The Morgan fingerprint density at radius 1 is 0.481 bits per heavy atom. The SMILES string of the molecule is CCCCCCCCCCCCCCCCCC(=O)OCC(CO)(COC(=O)CCCCCCCCCCCCCCCCC)COS(=O)(=O)[O-].[Na+]. The van der Waals surface area contributed by atoms with Gasteiger partial charge in [0.2, 0.25) is 10.4 Å².